The van der Waals surface area contributed by atoms with Crippen molar-refractivity contribution in [3.8, 4) is 28.1 Å². The van der Waals surface area contributed by atoms with Gasteiger partial charge in [-0.1, -0.05) is 72.8 Å². The molecule has 2 aromatic heterocycles. The van der Waals surface area contributed by atoms with Crippen molar-refractivity contribution in [3.63, 3.8) is 0 Å². The summed E-state index contributed by atoms with van der Waals surface area (Å²) in [5, 5.41) is 0.794. The third kappa shape index (κ3) is 3.53. The number of aromatic nitrogens is 1. The summed E-state index contributed by atoms with van der Waals surface area (Å²) >= 11 is 1.34. The van der Waals surface area contributed by atoms with Crippen molar-refractivity contribution in [2.24, 2.45) is 0 Å². The summed E-state index contributed by atoms with van der Waals surface area (Å²) in [4.78, 5) is 19.4. The highest BCUT2D eigenvalue weighted by atomic mass is 32.1. The Bertz CT molecular complexity index is 1430. The van der Waals surface area contributed by atoms with Crippen molar-refractivity contribution in [3.05, 3.63) is 101 Å². The van der Waals surface area contributed by atoms with E-state index in [1.165, 1.54) is 11.3 Å². The fraction of sp³-hybridized carbons (Fsp3) is 0.0370. The van der Waals surface area contributed by atoms with Gasteiger partial charge in [-0.2, -0.15) is 0 Å². The molecule has 5 rings (SSSR count). The van der Waals surface area contributed by atoms with Gasteiger partial charge in [0.15, 0.2) is 0 Å². The van der Waals surface area contributed by atoms with Crippen molar-refractivity contribution < 1.29 is 9.53 Å². The summed E-state index contributed by atoms with van der Waals surface area (Å²) in [5.74, 6) is 0.659. The van der Waals surface area contributed by atoms with Crippen LogP contribution >= 0.6 is 11.3 Å². The van der Waals surface area contributed by atoms with E-state index in [-0.39, 0.29) is 5.78 Å². The van der Waals surface area contributed by atoms with Gasteiger partial charge in [0.05, 0.1) is 18.5 Å². The predicted octanol–water partition coefficient (Wildman–Crippen LogP) is 6.45. The molecule has 0 fully saturated rings. The van der Waals surface area contributed by atoms with Crippen LogP contribution in [0.1, 0.15) is 15.2 Å². The number of anilines is 1. The fourth-order valence-electron chi connectivity index (χ4n) is 3.79. The maximum absolute atomic E-state index is 13.2. The van der Waals surface area contributed by atoms with Gasteiger partial charge in [-0.25, -0.2) is 4.98 Å². The molecule has 3 aromatic carbocycles. The largest absolute Gasteiger partial charge is 0.497 e. The topological polar surface area (TPSA) is 65.2 Å². The van der Waals surface area contributed by atoms with Crippen LogP contribution in [-0.2, 0) is 0 Å². The summed E-state index contributed by atoms with van der Waals surface area (Å²) in [6.45, 7) is 0. The third-order valence-corrected chi connectivity index (χ3v) is 6.49. The Kier molecular flexibility index (Phi) is 5.17. The number of rotatable bonds is 5. The lowest BCUT2D eigenvalue weighted by molar-refractivity contribution is 0.104. The van der Waals surface area contributed by atoms with E-state index in [9.17, 15) is 4.79 Å². The van der Waals surface area contributed by atoms with E-state index >= 15 is 0 Å². The molecule has 0 saturated carbocycles. The highest BCUT2D eigenvalue weighted by molar-refractivity contribution is 7.21. The number of methoxy groups -OCH3 is 1. The smallest absolute Gasteiger partial charge is 0.205 e. The van der Waals surface area contributed by atoms with Gasteiger partial charge in [0.25, 0.3) is 0 Å². The SMILES string of the molecule is COc1cccc(-c2cc(-c3ccccc3)nc3sc(C(=O)c4ccccc4)c(N)c23)c1. The average molecular weight is 437 g/mol. The van der Waals surface area contributed by atoms with Gasteiger partial charge in [-0.15, -0.1) is 11.3 Å². The highest BCUT2D eigenvalue weighted by Crippen LogP contribution is 2.42. The van der Waals surface area contributed by atoms with Crippen LogP contribution in [0.5, 0.6) is 5.75 Å². The summed E-state index contributed by atoms with van der Waals surface area (Å²) in [7, 11) is 1.65. The van der Waals surface area contributed by atoms with E-state index in [0.717, 1.165) is 38.4 Å². The van der Waals surface area contributed by atoms with Crippen LogP contribution in [0, 0.1) is 0 Å². The molecule has 0 saturated heterocycles. The molecule has 0 amide bonds. The first-order chi connectivity index (χ1) is 15.7. The maximum atomic E-state index is 13.2. The van der Waals surface area contributed by atoms with Crippen LogP contribution in [0.25, 0.3) is 32.6 Å². The first-order valence-electron chi connectivity index (χ1n) is 10.2. The molecule has 32 heavy (non-hydrogen) atoms. The number of thiophene rings is 1. The molecule has 0 aliphatic heterocycles. The minimum Gasteiger partial charge on any atom is -0.497 e. The number of carbonyl (C=O) groups is 1. The summed E-state index contributed by atoms with van der Waals surface area (Å²) < 4.78 is 5.44. The van der Waals surface area contributed by atoms with Gasteiger partial charge < -0.3 is 10.5 Å². The number of hydrogen-bond donors (Lipinski definition) is 1. The van der Waals surface area contributed by atoms with Gasteiger partial charge in [-0.05, 0) is 29.3 Å². The van der Waals surface area contributed by atoms with Gasteiger partial charge in [-0.3, -0.25) is 4.79 Å². The lowest BCUT2D eigenvalue weighted by Gasteiger charge is -2.10. The predicted molar refractivity (Wildman–Crippen MR) is 131 cm³/mol. The molecule has 0 spiro atoms. The monoisotopic (exact) mass is 436 g/mol. The number of benzene rings is 3. The van der Waals surface area contributed by atoms with Crippen molar-refractivity contribution in [1.82, 2.24) is 4.98 Å². The zero-order chi connectivity index (χ0) is 22.1. The molecule has 2 heterocycles. The first-order valence-corrected chi connectivity index (χ1v) is 11.0. The minimum absolute atomic E-state index is 0.0936. The molecule has 5 aromatic rings. The Morgan fingerprint density at radius 3 is 2.28 bits per heavy atom. The van der Waals surface area contributed by atoms with Gasteiger partial charge in [0, 0.05) is 16.5 Å². The minimum atomic E-state index is -0.0936. The van der Waals surface area contributed by atoms with Crippen LogP contribution in [-0.4, -0.2) is 17.9 Å². The summed E-state index contributed by atoms with van der Waals surface area (Å²) in [6.07, 6.45) is 0. The lowest BCUT2D eigenvalue weighted by Crippen LogP contribution is -2.01. The van der Waals surface area contributed by atoms with Crippen LogP contribution < -0.4 is 10.5 Å². The van der Waals surface area contributed by atoms with Crippen LogP contribution in [0.2, 0.25) is 0 Å². The van der Waals surface area contributed by atoms with Crippen LogP contribution in [0.4, 0.5) is 5.69 Å². The Morgan fingerprint density at radius 2 is 1.56 bits per heavy atom. The van der Waals surface area contributed by atoms with Crippen molar-refractivity contribution in [1.29, 1.82) is 0 Å². The van der Waals surface area contributed by atoms with Crippen molar-refractivity contribution in [2.45, 2.75) is 0 Å². The van der Waals surface area contributed by atoms with Gasteiger partial charge >= 0.3 is 0 Å². The second-order valence-electron chi connectivity index (χ2n) is 7.37. The number of carbonyl (C=O) groups excluding carboxylic acids is 1. The number of fused-ring (bicyclic) bond motifs is 1. The second-order valence-corrected chi connectivity index (χ2v) is 8.37. The zero-order valence-corrected chi connectivity index (χ0v) is 18.2. The molecule has 4 nitrogen and oxygen atoms in total. The second kappa shape index (κ2) is 8.29. The molecule has 0 unspecified atom stereocenters. The maximum Gasteiger partial charge on any atom is 0.205 e. The Hall–Kier alpha value is -3.96. The van der Waals surface area contributed by atoms with Crippen LogP contribution in [0.3, 0.4) is 0 Å². The molecule has 5 heteroatoms. The molecule has 0 bridgehead atoms. The number of ketones is 1. The highest BCUT2D eigenvalue weighted by Gasteiger charge is 2.22. The molecular weight excluding hydrogens is 416 g/mol. The van der Waals surface area contributed by atoms with Gasteiger partial charge in [0.2, 0.25) is 5.78 Å². The molecule has 0 aliphatic rings. The Labute approximate surface area is 189 Å². The van der Waals surface area contributed by atoms with E-state index in [1.54, 1.807) is 19.2 Å². The summed E-state index contributed by atoms with van der Waals surface area (Å²) in [6, 6.07) is 29.1. The molecular formula is C27H20N2O2S. The van der Waals surface area contributed by atoms with E-state index in [4.69, 9.17) is 15.5 Å². The van der Waals surface area contributed by atoms with Crippen molar-refractivity contribution >= 4 is 33.0 Å². The number of nitrogens with zero attached hydrogens (tertiary/aromatic N) is 1. The number of nitrogens with two attached hydrogens (primary N) is 1. The number of ether oxygens (including phenoxy) is 1. The molecule has 156 valence electrons. The van der Waals surface area contributed by atoms with Gasteiger partial charge in [0.1, 0.15) is 15.5 Å². The van der Waals surface area contributed by atoms with Crippen LogP contribution in [0.15, 0.2) is 91.0 Å². The number of nitrogen functional groups attached to an aromatic ring is 1. The molecule has 0 radical (unpaired) electrons. The third-order valence-electron chi connectivity index (χ3n) is 5.39. The van der Waals surface area contributed by atoms with Crippen molar-refractivity contribution in [2.75, 3.05) is 12.8 Å². The first kappa shape index (κ1) is 20.0. The summed E-state index contributed by atoms with van der Waals surface area (Å²) in [5.41, 5.74) is 11.4. The van der Waals surface area contributed by atoms with E-state index in [1.807, 2.05) is 78.9 Å². The standard InChI is InChI=1S/C27H20N2O2S/c1-31-20-14-8-13-19(15-20)21-16-22(17-9-4-2-5-10-17)29-27-23(21)24(28)26(32-27)25(30)18-11-6-3-7-12-18/h2-16H,28H2,1H3. The quantitative estimate of drug-likeness (QED) is 0.322. The average Bonchev–Trinajstić information content (AvgIpc) is 3.20. The Morgan fingerprint density at radius 1 is 0.875 bits per heavy atom. The Balaban J connectivity index is 1.77. The van der Waals surface area contributed by atoms with E-state index < -0.39 is 0 Å². The lowest BCUT2D eigenvalue weighted by atomic mass is 9.98. The fourth-order valence-corrected chi connectivity index (χ4v) is 4.87. The number of hydrogen-bond acceptors (Lipinski definition) is 5. The van der Waals surface area contributed by atoms with E-state index in [2.05, 4.69) is 0 Å². The number of pyridine rings is 1. The molecule has 0 aliphatic carbocycles. The molecule has 0 atom stereocenters. The zero-order valence-electron chi connectivity index (χ0n) is 17.4. The van der Waals surface area contributed by atoms with E-state index in [0.29, 0.717) is 16.1 Å². The normalized spacial score (nSPS) is 10.9. The molecule has 2 N–H and O–H groups in total.